The molecule has 2 aliphatic heterocycles. The van der Waals surface area contributed by atoms with Crippen molar-refractivity contribution in [2.75, 3.05) is 38.0 Å². The molecule has 2 atom stereocenters. The van der Waals surface area contributed by atoms with Crippen molar-refractivity contribution in [3.8, 4) is 0 Å². The molecule has 3 rings (SSSR count). The Labute approximate surface area is 144 Å². The molecule has 2 heterocycles. The summed E-state index contributed by atoms with van der Waals surface area (Å²) in [7, 11) is 0. The van der Waals surface area contributed by atoms with Crippen molar-refractivity contribution >= 4 is 33.6 Å². The maximum absolute atomic E-state index is 12.6. The van der Waals surface area contributed by atoms with E-state index in [1.54, 1.807) is 4.90 Å². The minimum Gasteiger partial charge on any atom is -0.350 e. The zero-order valence-corrected chi connectivity index (χ0v) is 14.7. The number of amides is 3. The molecule has 0 aliphatic carbocycles. The molecule has 23 heavy (non-hydrogen) atoms. The standard InChI is InChI=1S/C16H21BrN4O2/c1-2-20-7-11-8-21(10-12(9-20)18-15(11)22)16(23)19-14-6-4-3-5-13(14)17/h3-6,11-12H,2,7-10H2,1H3,(H,18,22)(H,19,23)/t11-,12+/m1/s1. The lowest BCUT2D eigenvalue weighted by Gasteiger charge is -2.32. The molecular weight excluding hydrogens is 360 g/mol. The van der Waals surface area contributed by atoms with Gasteiger partial charge >= 0.3 is 6.03 Å². The van der Waals surface area contributed by atoms with Gasteiger partial charge in [0.15, 0.2) is 0 Å². The highest BCUT2D eigenvalue weighted by molar-refractivity contribution is 9.10. The fraction of sp³-hybridized carbons (Fsp3) is 0.500. The number of likely N-dealkylation sites (N-methyl/N-ethyl adjacent to an activating group) is 1. The molecular formula is C16H21BrN4O2. The molecule has 1 aromatic carbocycles. The van der Waals surface area contributed by atoms with Crippen LogP contribution in [0.25, 0.3) is 0 Å². The molecule has 0 unspecified atom stereocenters. The van der Waals surface area contributed by atoms with Crippen LogP contribution in [0, 0.1) is 5.92 Å². The molecule has 0 aromatic heterocycles. The van der Waals surface area contributed by atoms with Gasteiger partial charge in [0.05, 0.1) is 17.6 Å². The van der Waals surface area contributed by atoms with Crippen LogP contribution < -0.4 is 10.6 Å². The first-order valence-electron chi connectivity index (χ1n) is 7.90. The Hall–Kier alpha value is -1.60. The monoisotopic (exact) mass is 380 g/mol. The molecule has 1 aromatic rings. The van der Waals surface area contributed by atoms with Gasteiger partial charge in [-0.2, -0.15) is 0 Å². The van der Waals surface area contributed by atoms with Crippen LogP contribution in [0.4, 0.5) is 10.5 Å². The fourth-order valence-electron chi connectivity index (χ4n) is 3.18. The van der Waals surface area contributed by atoms with Gasteiger partial charge in [0.25, 0.3) is 0 Å². The Kier molecular flexibility index (Phi) is 4.87. The number of hydrogen-bond acceptors (Lipinski definition) is 3. The van der Waals surface area contributed by atoms with E-state index in [9.17, 15) is 9.59 Å². The fourth-order valence-corrected chi connectivity index (χ4v) is 3.56. The summed E-state index contributed by atoms with van der Waals surface area (Å²) in [6.07, 6.45) is 0. The minimum absolute atomic E-state index is 0.0140. The smallest absolute Gasteiger partial charge is 0.321 e. The summed E-state index contributed by atoms with van der Waals surface area (Å²) in [4.78, 5) is 28.9. The van der Waals surface area contributed by atoms with Gasteiger partial charge in [0.1, 0.15) is 0 Å². The van der Waals surface area contributed by atoms with Crippen molar-refractivity contribution < 1.29 is 9.59 Å². The van der Waals surface area contributed by atoms with Crippen LogP contribution in [-0.4, -0.2) is 60.5 Å². The topological polar surface area (TPSA) is 64.7 Å². The first-order valence-corrected chi connectivity index (χ1v) is 8.69. The molecule has 0 saturated carbocycles. The van der Waals surface area contributed by atoms with Crippen molar-refractivity contribution in [2.45, 2.75) is 13.0 Å². The number of nitrogens with zero attached hydrogens (tertiary/aromatic N) is 2. The van der Waals surface area contributed by atoms with Gasteiger partial charge in [-0.05, 0) is 34.6 Å². The molecule has 2 N–H and O–H groups in total. The van der Waals surface area contributed by atoms with E-state index < -0.39 is 0 Å². The van der Waals surface area contributed by atoms with E-state index in [-0.39, 0.29) is 23.9 Å². The quantitative estimate of drug-likeness (QED) is 0.820. The zero-order valence-electron chi connectivity index (χ0n) is 13.1. The highest BCUT2D eigenvalue weighted by Gasteiger charge is 2.36. The molecule has 0 spiro atoms. The average Bonchev–Trinajstić information content (AvgIpc) is 2.75. The number of urea groups is 1. The third kappa shape index (κ3) is 3.67. The predicted octanol–water partition coefficient (Wildman–Crippen LogP) is 1.73. The number of carbonyl (C=O) groups excluding carboxylic acids is 2. The lowest BCUT2D eigenvalue weighted by Crippen LogP contribution is -2.50. The molecule has 3 amide bonds. The maximum atomic E-state index is 12.6. The van der Waals surface area contributed by atoms with Crippen molar-refractivity contribution in [1.82, 2.24) is 15.1 Å². The van der Waals surface area contributed by atoms with Gasteiger partial charge in [-0.3, -0.25) is 4.79 Å². The Bertz CT molecular complexity index is 609. The van der Waals surface area contributed by atoms with E-state index in [1.807, 2.05) is 24.3 Å². The van der Waals surface area contributed by atoms with Crippen LogP contribution in [0.3, 0.4) is 0 Å². The lowest BCUT2D eigenvalue weighted by molar-refractivity contribution is -0.124. The molecule has 2 saturated heterocycles. The van der Waals surface area contributed by atoms with Crippen LogP contribution in [0.1, 0.15) is 6.92 Å². The van der Waals surface area contributed by atoms with Crippen LogP contribution in [0.2, 0.25) is 0 Å². The maximum Gasteiger partial charge on any atom is 0.321 e. The number of carbonyl (C=O) groups is 2. The van der Waals surface area contributed by atoms with Crippen molar-refractivity contribution in [3.63, 3.8) is 0 Å². The van der Waals surface area contributed by atoms with Gasteiger partial charge in [-0.1, -0.05) is 19.1 Å². The first kappa shape index (κ1) is 16.3. The zero-order chi connectivity index (χ0) is 16.4. The van der Waals surface area contributed by atoms with Gasteiger partial charge in [0, 0.05) is 30.7 Å². The van der Waals surface area contributed by atoms with Crippen molar-refractivity contribution in [3.05, 3.63) is 28.7 Å². The lowest BCUT2D eigenvalue weighted by atomic mass is 10.1. The largest absolute Gasteiger partial charge is 0.350 e. The number of nitrogens with one attached hydrogen (secondary N) is 2. The van der Waals surface area contributed by atoms with E-state index in [1.165, 1.54) is 0 Å². The number of benzene rings is 1. The second-order valence-electron chi connectivity index (χ2n) is 6.07. The van der Waals surface area contributed by atoms with Gasteiger partial charge < -0.3 is 20.4 Å². The van der Waals surface area contributed by atoms with Crippen LogP contribution in [-0.2, 0) is 4.79 Å². The predicted molar refractivity (Wildman–Crippen MR) is 92.3 cm³/mol. The summed E-state index contributed by atoms with van der Waals surface area (Å²) in [5, 5.41) is 5.98. The number of para-hydroxylation sites is 1. The summed E-state index contributed by atoms with van der Waals surface area (Å²) in [6, 6.07) is 7.34. The summed E-state index contributed by atoms with van der Waals surface area (Å²) in [5.41, 5.74) is 0.737. The van der Waals surface area contributed by atoms with Gasteiger partial charge in [-0.15, -0.1) is 0 Å². The minimum atomic E-state index is -0.174. The van der Waals surface area contributed by atoms with Crippen LogP contribution in [0.15, 0.2) is 28.7 Å². The Morgan fingerprint density at radius 1 is 1.30 bits per heavy atom. The highest BCUT2D eigenvalue weighted by Crippen LogP contribution is 2.22. The molecule has 2 fully saturated rings. The van der Waals surface area contributed by atoms with Crippen LogP contribution in [0.5, 0.6) is 0 Å². The summed E-state index contributed by atoms with van der Waals surface area (Å²) < 4.78 is 0.842. The Morgan fingerprint density at radius 2 is 2.09 bits per heavy atom. The van der Waals surface area contributed by atoms with E-state index in [2.05, 4.69) is 38.4 Å². The normalized spacial score (nSPS) is 24.8. The van der Waals surface area contributed by atoms with E-state index in [4.69, 9.17) is 0 Å². The number of halogens is 1. The number of rotatable bonds is 2. The molecule has 2 aliphatic rings. The molecule has 6 nitrogen and oxygen atoms in total. The average molecular weight is 381 g/mol. The van der Waals surface area contributed by atoms with E-state index in [0.29, 0.717) is 19.6 Å². The van der Waals surface area contributed by atoms with Crippen LogP contribution >= 0.6 is 15.9 Å². The number of hydrogen-bond donors (Lipinski definition) is 2. The summed E-state index contributed by atoms with van der Waals surface area (Å²) in [6.45, 7) is 5.51. The van der Waals surface area contributed by atoms with E-state index >= 15 is 0 Å². The molecule has 0 radical (unpaired) electrons. The molecule has 2 bridgehead atoms. The van der Waals surface area contributed by atoms with Crippen molar-refractivity contribution in [2.24, 2.45) is 5.92 Å². The van der Waals surface area contributed by atoms with E-state index in [0.717, 1.165) is 23.2 Å². The number of fused-ring (bicyclic) bond motifs is 3. The van der Waals surface area contributed by atoms with Gasteiger partial charge in [-0.25, -0.2) is 4.79 Å². The third-order valence-corrected chi connectivity index (χ3v) is 5.10. The molecule has 7 heteroatoms. The summed E-state index contributed by atoms with van der Waals surface area (Å²) in [5.74, 6) is -0.116. The highest BCUT2D eigenvalue weighted by atomic mass is 79.9. The molecule has 124 valence electrons. The number of anilines is 1. The van der Waals surface area contributed by atoms with Crippen molar-refractivity contribution in [1.29, 1.82) is 0 Å². The third-order valence-electron chi connectivity index (χ3n) is 4.41. The van der Waals surface area contributed by atoms with Gasteiger partial charge in [0.2, 0.25) is 5.91 Å². The Morgan fingerprint density at radius 3 is 2.83 bits per heavy atom. The second kappa shape index (κ2) is 6.88. The SMILES string of the molecule is CCN1C[C@H]2CN(C(=O)Nc3ccccc3Br)C[C@@H](C1)C(=O)N2. The first-order chi connectivity index (χ1) is 11.1. The summed E-state index contributed by atoms with van der Waals surface area (Å²) >= 11 is 3.43. The Balaban J connectivity index is 1.73. The second-order valence-corrected chi connectivity index (χ2v) is 6.92.